The van der Waals surface area contributed by atoms with E-state index < -0.39 is 40.8 Å². The molecule has 0 aliphatic heterocycles. The second-order valence-electron chi connectivity index (χ2n) is 4.20. The highest BCUT2D eigenvalue weighted by molar-refractivity contribution is 5.89. The Morgan fingerprint density at radius 3 is 2.36 bits per heavy atom. The van der Waals surface area contributed by atoms with E-state index in [4.69, 9.17) is 5.11 Å². The number of aromatic carboxylic acids is 1. The summed E-state index contributed by atoms with van der Waals surface area (Å²) in [4.78, 5) is 10.8. The largest absolute Gasteiger partial charge is 0.573 e. The quantitative estimate of drug-likeness (QED) is 0.862. The molecule has 8 heteroatoms. The summed E-state index contributed by atoms with van der Waals surface area (Å²) in [6, 6.07) is 5.46. The van der Waals surface area contributed by atoms with Crippen molar-refractivity contribution in [3.8, 4) is 16.9 Å². The Hall–Kier alpha value is -2.64. The number of carboxylic acids is 1. The van der Waals surface area contributed by atoms with E-state index in [1.807, 2.05) is 0 Å². The molecule has 2 aromatic rings. The van der Waals surface area contributed by atoms with Crippen LogP contribution in [0.1, 0.15) is 10.4 Å². The molecular formula is C14H7F5O3. The summed E-state index contributed by atoms with van der Waals surface area (Å²) in [5.74, 6) is -4.92. The van der Waals surface area contributed by atoms with Gasteiger partial charge in [0.1, 0.15) is 5.75 Å². The molecule has 0 bridgehead atoms. The normalized spacial score (nSPS) is 11.3. The fourth-order valence-electron chi connectivity index (χ4n) is 1.78. The molecule has 0 amide bonds. The molecule has 22 heavy (non-hydrogen) atoms. The summed E-state index contributed by atoms with van der Waals surface area (Å²) in [6.07, 6.45) is -4.94. The van der Waals surface area contributed by atoms with E-state index in [0.717, 1.165) is 24.3 Å². The summed E-state index contributed by atoms with van der Waals surface area (Å²) in [7, 11) is 0. The van der Waals surface area contributed by atoms with Gasteiger partial charge < -0.3 is 9.84 Å². The summed E-state index contributed by atoms with van der Waals surface area (Å²) < 4.78 is 67.3. The maximum absolute atomic E-state index is 13.8. The maximum Gasteiger partial charge on any atom is 0.573 e. The topological polar surface area (TPSA) is 46.5 Å². The first-order chi connectivity index (χ1) is 10.2. The second-order valence-corrected chi connectivity index (χ2v) is 4.20. The smallest absolute Gasteiger partial charge is 0.478 e. The average molecular weight is 318 g/mol. The number of rotatable bonds is 3. The Kier molecular flexibility index (Phi) is 4.03. The molecule has 0 aliphatic rings. The molecule has 0 aromatic heterocycles. The van der Waals surface area contributed by atoms with Gasteiger partial charge in [-0.1, -0.05) is 12.1 Å². The zero-order chi connectivity index (χ0) is 16.5. The van der Waals surface area contributed by atoms with Crippen LogP contribution in [0.2, 0.25) is 0 Å². The first-order valence-electron chi connectivity index (χ1n) is 5.76. The lowest BCUT2D eigenvalue weighted by Crippen LogP contribution is -2.17. The molecular weight excluding hydrogens is 311 g/mol. The van der Waals surface area contributed by atoms with Gasteiger partial charge >= 0.3 is 12.3 Å². The second kappa shape index (κ2) is 5.63. The predicted octanol–water partition coefficient (Wildman–Crippen LogP) is 4.23. The van der Waals surface area contributed by atoms with E-state index in [0.29, 0.717) is 6.07 Å². The van der Waals surface area contributed by atoms with Crippen LogP contribution >= 0.6 is 0 Å². The van der Waals surface area contributed by atoms with E-state index in [1.54, 1.807) is 0 Å². The van der Waals surface area contributed by atoms with Crippen molar-refractivity contribution in [2.24, 2.45) is 0 Å². The molecule has 0 fully saturated rings. The Morgan fingerprint density at radius 2 is 1.77 bits per heavy atom. The van der Waals surface area contributed by atoms with Gasteiger partial charge in [-0.3, -0.25) is 0 Å². The van der Waals surface area contributed by atoms with Crippen molar-refractivity contribution in [1.82, 2.24) is 0 Å². The minimum Gasteiger partial charge on any atom is -0.478 e. The molecule has 0 saturated heterocycles. The van der Waals surface area contributed by atoms with Crippen molar-refractivity contribution in [2.75, 3.05) is 0 Å². The van der Waals surface area contributed by atoms with Gasteiger partial charge in [-0.25, -0.2) is 13.6 Å². The van der Waals surface area contributed by atoms with Crippen LogP contribution in [-0.4, -0.2) is 17.4 Å². The third-order valence-corrected chi connectivity index (χ3v) is 2.65. The van der Waals surface area contributed by atoms with Gasteiger partial charge in [-0.15, -0.1) is 13.2 Å². The van der Waals surface area contributed by atoms with Crippen LogP contribution in [0, 0.1) is 11.6 Å². The molecule has 0 unspecified atom stereocenters. The molecule has 2 aromatic carbocycles. The molecule has 0 aliphatic carbocycles. The maximum atomic E-state index is 13.8. The van der Waals surface area contributed by atoms with Crippen molar-refractivity contribution < 1.29 is 36.6 Å². The highest BCUT2D eigenvalue weighted by Crippen LogP contribution is 2.31. The van der Waals surface area contributed by atoms with Crippen LogP contribution < -0.4 is 4.74 Å². The standard InChI is InChI=1S/C14H7F5O3/c15-11-6-8(13(20)21)5-10(12(11)16)7-2-1-3-9(4-7)22-14(17,18)19/h1-6H,(H,20,21). The van der Waals surface area contributed by atoms with Gasteiger partial charge in [-0.05, 0) is 29.8 Å². The Labute approximate surface area is 120 Å². The van der Waals surface area contributed by atoms with E-state index >= 15 is 0 Å². The summed E-state index contributed by atoms with van der Waals surface area (Å²) in [5, 5.41) is 8.82. The van der Waals surface area contributed by atoms with Crippen LogP contribution in [-0.2, 0) is 0 Å². The molecule has 0 atom stereocenters. The molecule has 1 N–H and O–H groups in total. The molecule has 0 heterocycles. The summed E-state index contributed by atoms with van der Waals surface area (Å²) in [5.41, 5.74) is -1.16. The zero-order valence-electron chi connectivity index (χ0n) is 10.6. The number of halogens is 5. The Balaban J connectivity index is 2.52. The summed E-state index contributed by atoms with van der Waals surface area (Å²) >= 11 is 0. The Bertz CT molecular complexity index is 725. The van der Waals surface area contributed by atoms with Crippen molar-refractivity contribution in [3.63, 3.8) is 0 Å². The first kappa shape index (κ1) is 15.7. The summed E-state index contributed by atoms with van der Waals surface area (Å²) in [6.45, 7) is 0. The third kappa shape index (κ3) is 3.51. The lowest BCUT2D eigenvalue weighted by atomic mass is 10.0. The van der Waals surface area contributed by atoms with Gasteiger partial charge in [0, 0.05) is 5.56 Å². The minimum absolute atomic E-state index is 0.152. The lowest BCUT2D eigenvalue weighted by molar-refractivity contribution is -0.274. The first-order valence-corrected chi connectivity index (χ1v) is 5.76. The van der Waals surface area contributed by atoms with Gasteiger partial charge in [0.15, 0.2) is 11.6 Å². The van der Waals surface area contributed by atoms with Crippen LogP contribution in [0.25, 0.3) is 11.1 Å². The Morgan fingerprint density at radius 1 is 1.09 bits per heavy atom. The zero-order valence-corrected chi connectivity index (χ0v) is 10.6. The van der Waals surface area contributed by atoms with Crippen molar-refractivity contribution in [1.29, 1.82) is 0 Å². The fraction of sp³-hybridized carbons (Fsp3) is 0.0714. The van der Waals surface area contributed by atoms with E-state index in [-0.39, 0.29) is 5.56 Å². The fourth-order valence-corrected chi connectivity index (χ4v) is 1.78. The molecule has 116 valence electrons. The van der Waals surface area contributed by atoms with E-state index in [2.05, 4.69) is 4.74 Å². The molecule has 0 saturated carbocycles. The van der Waals surface area contributed by atoms with Crippen molar-refractivity contribution >= 4 is 5.97 Å². The molecule has 3 nitrogen and oxygen atoms in total. The van der Waals surface area contributed by atoms with E-state index in [9.17, 15) is 26.7 Å². The van der Waals surface area contributed by atoms with Crippen LogP contribution in [0.15, 0.2) is 36.4 Å². The highest BCUT2D eigenvalue weighted by Gasteiger charge is 2.31. The van der Waals surface area contributed by atoms with Crippen LogP contribution in [0.5, 0.6) is 5.75 Å². The number of carbonyl (C=O) groups is 1. The minimum atomic E-state index is -4.94. The van der Waals surface area contributed by atoms with Crippen molar-refractivity contribution in [3.05, 3.63) is 53.6 Å². The number of ether oxygens (including phenoxy) is 1. The van der Waals surface area contributed by atoms with Crippen LogP contribution in [0.4, 0.5) is 22.0 Å². The number of carboxylic acid groups (broad SMARTS) is 1. The van der Waals surface area contributed by atoms with Crippen molar-refractivity contribution in [2.45, 2.75) is 6.36 Å². The number of benzene rings is 2. The molecule has 0 spiro atoms. The SMILES string of the molecule is O=C(O)c1cc(F)c(F)c(-c2cccc(OC(F)(F)F)c2)c1. The number of alkyl halides is 3. The van der Waals surface area contributed by atoms with Gasteiger partial charge in [-0.2, -0.15) is 0 Å². The monoisotopic (exact) mass is 318 g/mol. The van der Waals surface area contributed by atoms with Gasteiger partial charge in [0.05, 0.1) is 5.56 Å². The van der Waals surface area contributed by atoms with Gasteiger partial charge in [0.25, 0.3) is 0 Å². The predicted molar refractivity (Wildman–Crippen MR) is 65.4 cm³/mol. The molecule has 2 rings (SSSR count). The highest BCUT2D eigenvalue weighted by atomic mass is 19.4. The molecule has 0 radical (unpaired) electrons. The third-order valence-electron chi connectivity index (χ3n) is 2.65. The average Bonchev–Trinajstić information content (AvgIpc) is 2.39. The van der Waals surface area contributed by atoms with E-state index in [1.165, 1.54) is 6.07 Å². The van der Waals surface area contributed by atoms with Crippen LogP contribution in [0.3, 0.4) is 0 Å². The lowest BCUT2D eigenvalue weighted by Gasteiger charge is -2.11. The number of hydrogen-bond acceptors (Lipinski definition) is 2. The van der Waals surface area contributed by atoms with Gasteiger partial charge in [0.2, 0.25) is 0 Å². The number of hydrogen-bond donors (Lipinski definition) is 1.